The molecule has 0 aromatic carbocycles. The summed E-state index contributed by atoms with van der Waals surface area (Å²) >= 11 is 0. The molecule has 0 bridgehead atoms. The Balaban J connectivity index is -0.000000309. The minimum absolute atomic E-state index is 0. The molecule has 0 saturated heterocycles. The Morgan fingerprint density at radius 2 is 1.85 bits per heavy atom. The van der Waals surface area contributed by atoms with Gasteiger partial charge in [0.1, 0.15) is 0 Å². The van der Waals surface area contributed by atoms with Gasteiger partial charge in [-0.2, -0.15) is 0 Å². The minimum atomic E-state index is -0.643. The van der Waals surface area contributed by atoms with Crippen LogP contribution in [0.25, 0.3) is 0 Å². The number of hydrogen-bond donors (Lipinski definition) is 1. The molecule has 0 aromatic heterocycles. The van der Waals surface area contributed by atoms with Gasteiger partial charge in [0, 0.05) is 16.5 Å². The molecule has 13 heavy (non-hydrogen) atoms. The molecule has 0 amide bonds. The second-order valence-electron chi connectivity index (χ2n) is 2.59. The fraction of sp³-hybridized carbons (Fsp3) is 0.875. The number of aliphatic carboxylic acids is 1. The third-order valence-electron chi connectivity index (χ3n) is 1.75. The van der Waals surface area contributed by atoms with Gasteiger partial charge in [-0.1, -0.05) is 26.7 Å². The molecule has 0 aliphatic rings. The van der Waals surface area contributed by atoms with E-state index in [0.29, 0.717) is 0 Å². The maximum absolute atomic E-state index is 10.4. The van der Waals surface area contributed by atoms with E-state index in [-0.39, 0.29) is 22.4 Å². The number of hydrogen-bond acceptors (Lipinski definition) is 1. The van der Waals surface area contributed by atoms with Crippen molar-refractivity contribution in [2.45, 2.75) is 39.5 Å². The minimum Gasteiger partial charge on any atom is -0.481 e. The van der Waals surface area contributed by atoms with E-state index >= 15 is 0 Å². The summed E-state index contributed by atoms with van der Waals surface area (Å²) in [5.41, 5.74) is 0. The Hall–Kier alpha value is 0.824. The summed E-state index contributed by atoms with van der Waals surface area (Å²) in [5, 5.41) is 8.60. The van der Waals surface area contributed by atoms with E-state index in [4.69, 9.17) is 5.11 Å². The largest absolute Gasteiger partial charge is 0.481 e. The molecule has 1 N–H and O–H groups in total. The van der Waals surface area contributed by atoms with Gasteiger partial charge in [-0.15, -0.1) is 17.9 Å². The molecule has 0 aromatic rings. The number of carboxylic acid groups (broad SMARTS) is 1. The third-order valence-corrected chi connectivity index (χ3v) is 1.75. The van der Waals surface area contributed by atoms with Crippen molar-refractivity contribution in [3.63, 3.8) is 0 Å². The molecule has 3 unspecified atom stereocenters. The molecule has 0 aliphatic heterocycles. The first-order valence-electron chi connectivity index (χ1n) is 4.28. The predicted molar refractivity (Wildman–Crippen MR) is 60.4 cm³/mol. The van der Waals surface area contributed by atoms with E-state index in [2.05, 4.69) is 24.8 Å². The van der Waals surface area contributed by atoms with Gasteiger partial charge in [-0.25, -0.2) is 0 Å². The summed E-state index contributed by atoms with van der Waals surface area (Å²) in [6.45, 7) is 4.00. The quantitative estimate of drug-likeness (QED) is 0.615. The van der Waals surface area contributed by atoms with E-state index in [9.17, 15) is 4.79 Å². The number of carboxylic acids is 1. The Morgan fingerprint density at radius 3 is 2.08 bits per heavy atom. The van der Waals surface area contributed by atoms with E-state index in [1.165, 1.54) is 0 Å². The molecule has 0 spiro atoms. The zero-order valence-corrected chi connectivity index (χ0v) is 11.5. The Kier molecular flexibility index (Phi) is 22.8. The van der Waals surface area contributed by atoms with Gasteiger partial charge in [-0.05, 0) is 12.8 Å². The number of carbonyl (C=O) groups is 1. The SMILES string of the molecule is CCCCC(CC)C(=O)O.PP.[Ni]. The van der Waals surface area contributed by atoms with Gasteiger partial charge in [-0.3, -0.25) is 4.79 Å². The van der Waals surface area contributed by atoms with Crippen molar-refractivity contribution in [1.82, 2.24) is 0 Å². The van der Waals surface area contributed by atoms with E-state index < -0.39 is 5.97 Å². The monoisotopic (exact) mass is 268 g/mol. The zero-order valence-electron chi connectivity index (χ0n) is 8.23. The average Bonchev–Trinajstić information content (AvgIpc) is 2.09. The van der Waals surface area contributed by atoms with Crippen molar-refractivity contribution in [3.8, 4) is 0 Å². The first-order chi connectivity index (χ1) is 5.72. The topological polar surface area (TPSA) is 37.3 Å². The fourth-order valence-electron chi connectivity index (χ4n) is 0.953. The Morgan fingerprint density at radius 1 is 1.38 bits per heavy atom. The molecule has 0 fully saturated rings. The van der Waals surface area contributed by atoms with E-state index in [1.54, 1.807) is 0 Å². The summed E-state index contributed by atoms with van der Waals surface area (Å²) in [5.74, 6) is -0.754. The average molecular weight is 269 g/mol. The van der Waals surface area contributed by atoms with Crippen LogP contribution in [0.1, 0.15) is 39.5 Å². The number of rotatable bonds is 5. The molecule has 5 heteroatoms. The second-order valence-corrected chi connectivity index (χ2v) is 2.59. The summed E-state index contributed by atoms with van der Waals surface area (Å²) in [6, 6.07) is 0. The molecule has 84 valence electrons. The molecule has 0 heterocycles. The van der Waals surface area contributed by atoms with E-state index in [0.717, 1.165) is 25.7 Å². The Labute approximate surface area is 95.9 Å². The van der Waals surface area contributed by atoms with Gasteiger partial charge < -0.3 is 5.11 Å². The van der Waals surface area contributed by atoms with Crippen LogP contribution in [0.2, 0.25) is 0 Å². The van der Waals surface area contributed by atoms with Gasteiger partial charge in [0.05, 0.1) is 5.92 Å². The number of unbranched alkanes of at least 4 members (excludes halogenated alkanes) is 1. The Bertz CT molecular complexity index is 112. The predicted octanol–water partition coefficient (Wildman–Crippen LogP) is 2.94. The van der Waals surface area contributed by atoms with Crippen molar-refractivity contribution in [1.29, 1.82) is 0 Å². The summed E-state index contributed by atoms with van der Waals surface area (Å²) in [7, 11) is 4.67. The molecule has 0 radical (unpaired) electrons. The van der Waals surface area contributed by atoms with Crippen LogP contribution in [0.4, 0.5) is 0 Å². The van der Waals surface area contributed by atoms with Gasteiger partial charge >= 0.3 is 5.97 Å². The molecular formula is C8H20NiO2P2. The van der Waals surface area contributed by atoms with Crippen LogP contribution in [0.15, 0.2) is 0 Å². The summed E-state index contributed by atoms with van der Waals surface area (Å²) in [6.07, 6.45) is 3.71. The smallest absolute Gasteiger partial charge is 0.306 e. The van der Waals surface area contributed by atoms with Crippen LogP contribution in [-0.2, 0) is 21.3 Å². The van der Waals surface area contributed by atoms with Crippen LogP contribution < -0.4 is 0 Å². The van der Waals surface area contributed by atoms with Gasteiger partial charge in [0.15, 0.2) is 0 Å². The standard InChI is InChI=1S/C8H16O2.Ni.H4P2/c1-3-5-6-7(4-2)8(9)10;;1-2/h7H,3-6H2,1-2H3,(H,9,10);;1-2H2. The third kappa shape index (κ3) is 12.8. The maximum Gasteiger partial charge on any atom is 0.306 e. The molecule has 0 saturated carbocycles. The van der Waals surface area contributed by atoms with Crippen molar-refractivity contribution >= 4 is 23.8 Å². The van der Waals surface area contributed by atoms with E-state index in [1.807, 2.05) is 6.92 Å². The zero-order chi connectivity index (χ0) is 9.98. The van der Waals surface area contributed by atoms with Crippen molar-refractivity contribution in [3.05, 3.63) is 0 Å². The first kappa shape index (κ1) is 19.4. The maximum atomic E-state index is 10.4. The molecule has 0 aliphatic carbocycles. The van der Waals surface area contributed by atoms with Crippen LogP contribution >= 0.6 is 17.9 Å². The van der Waals surface area contributed by atoms with Crippen LogP contribution in [0.3, 0.4) is 0 Å². The fourth-order valence-corrected chi connectivity index (χ4v) is 0.953. The first-order valence-corrected chi connectivity index (χ1v) is 6.95. The summed E-state index contributed by atoms with van der Waals surface area (Å²) < 4.78 is 0. The van der Waals surface area contributed by atoms with Crippen LogP contribution in [0.5, 0.6) is 0 Å². The van der Waals surface area contributed by atoms with Crippen molar-refractivity contribution < 1.29 is 26.4 Å². The van der Waals surface area contributed by atoms with Crippen LogP contribution in [0, 0.1) is 5.92 Å². The van der Waals surface area contributed by atoms with Crippen molar-refractivity contribution in [2.75, 3.05) is 0 Å². The molecule has 3 atom stereocenters. The molecule has 2 nitrogen and oxygen atoms in total. The van der Waals surface area contributed by atoms with Crippen molar-refractivity contribution in [2.24, 2.45) is 5.92 Å². The summed E-state index contributed by atoms with van der Waals surface area (Å²) in [4.78, 5) is 10.4. The molecule has 0 rings (SSSR count). The normalized spacial score (nSPS) is 10.5. The molecular weight excluding hydrogens is 249 g/mol. The van der Waals surface area contributed by atoms with Gasteiger partial charge in [0.25, 0.3) is 0 Å². The van der Waals surface area contributed by atoms with Gasteiger partial charge in [0.2, 0.25) is 0 Å². The van der Waals surface area contributed by atoms with Crippen LogP contribution in [-0.4, -0.2) is 11.1 Å². The second kappa shape index (κ2) is 15.3.